The second-order valence-corrected chi connectivity index (χ2v) is 6.05. The van der Waals surface area contributed by atoms with E-state index in [1.807, 2.05) is 56.3 Å². The first-order valence-electron chi connectivity index (χ1n) is 8.57. The molecule has 0 saturated carbocycles. The van der Waals surface area contributed by atoms with E-state index in [1.165, 1.54) is 0 Å². The Bertz CT molecular complexity index is 713. The van der Waals surface area contributed by atoms with Crippen LogP contribution < -0.4 is 21.3 Å². The first kappa shape index (κ1) is 19.2. The lowest BCUT2D eigenvalue weighted by Crippen LogP contribution is -2.36. The molecule has 0 aliphatic rings. The van der Waals surface area contributed by atoms with Crippen molar-refractivity contribution in [3.8, 4) is 0 Å². The Morgan fingerprint density at radius 2 is 1.81 bits per heavy atom. The number of pyridine rings is 1. The summed E-state index contributed by atoms with van der Waals surface area (Å²) in [6.07, 6.45) is 1.77. The lowest BCUT2D eigenvalue weighted by molar-refractivity contribution is 0.250. The van der Waals surface area contributed by atoms with E-state index < -0.39 is 0 Å². The second-order valence-electron chi connectivity index (χ2n) is 6.05. The number of guanidine groups is 1. The highest BCUT2D eigenvalue weighted by atomic mass is 16.2. The first-order valence-corrected chi connectivity index (χ1v) is 8.57. The summed E-state index contributed by atoms with van der Waals surface area (Å²) in [5.41, 5.74) is 2.79. The summed E-state index contributed by atoms with van der Waals surface area (Å²) in [7, 11) is 1.73. The summed E-state index contributed by atoms with van der Waals surface area (Å²) in [4.78, 5) is 20.2. The van der Waals surface area contributed by atoms with Crippen molar-refractivity contribution >= 4 is 17.7 Å². The van der Waals surface area contributed by atoms with Crippen molar-refractivity contribution in [2.75, 3.05) is 12.4 Å². The molecule has 0 radical (unpaired) electrons. The SMILES string of the molecule is CN=C(NCc1ccc(NC(=O)NC(C)C)cc1)NCc1ccccn1. The van der Waals surface area contributed by atoms with Crippen molar-refractivity contribution in [1.29, 1.82) is 0 Å². The molecule has 0 spiro atoms. The number of carbonyl (C=O) groups is 1. The minimum atomic E-state index is -0.204. The molecule has 0 atom stereocenters. The highest BCUT2D eigenvalue weighted by Gasteiger charge is 2.04. The molecule has 1 aromatic carbocycles. The molecule has 2 aromatic rings. The maximum Gasteiger partial charge on any atom is 0.319 e. The van der Waals surface area contributed by atoms with Crippen LogP contribution in [0.2, 0.25) is 0 Å². The van der Waals surface area contributed by atoms with Crippen LogP contribution in [0.3, 0.4) is 0 Å². The van der Waals surface area contributed by atoms with Crippen LogP contribution in [0.5, 0.6) is 0 Å². The molecule has 4 N–H and O–H groups in total. The third-order valence-corrected chi connectivity index (χ3v) is 3.48. The number of carbonyl (C=O) groups excluding carboxylic acids is 1. The second kappa shape index (κ2) is 10.0. The highest BCUT2D eigenvalue weighted by Crippen LogP contribution is 2.09. The van der Waals surface area contributed by atoms with Crippen molar-refractivity contribution in [1.82, 2.24) is 20.9 Å². The molecule has 7 nitrogen and oxygen atoms in total. The molecule has 26 heavy (non-hydrogen) atoms. The molecule has 1 aromatic heterocycles. The average molecular weight is 354 g/mol. The van der Waals surface area contributed by atoms with Crippen LogP contribution in [0, 0.1) is 0 Å². The summed E-state index contributed by atoms with van der Waals surface area (Å²) in [5.74, 6) is 0.703. The Labute approximate surface area is 154 Å². The lowest BCUT2D eigenvalue weighted by atomic mass is 10.2. The van der Waals surface area contributed by atoms with E-state index in [1.54, 1.807) is 13.2 Å². The van der Waals surface area contributed by atoms with Crippen LogP contribution in [0.15, 0.2) is 53.7 Å². The van der Waals surface area contributed by atoms with Gasteiger partial charge in [0.1, 0.15) is 0 Å². The third kappa shape index (κ3) is 6.80. The number of hydrogen-bond donors (Lipinski definition) is 4. The summed E-state index contributed by atoms with van der Waals surface area (Å²) >= 11 is 0. The first-order chi connectivity index (χ1) is 12.6. The molecule has 0 aliphatic carbocycles. The van der Waals surface area contributed by atoms with Gasteiger partial charge in [-0.15, -0.1) is 0 Å². The summed E-state index contributed by atoms with van der Waals surface area (Å²) in [6.45, 7) is 5.07. The number of benzene rings is 1. The Balaban J connectivity index is 1.79. The molecular weight excluding hydrogens is 328 g/mol. The molecule has 0 bridgehead atoms. The van der Waals surface area contributed by atoms with Crippen LogP contribution >= 0.6 is 0 Å². The number of anilines is 1. The Morgan fingerprint density at radius 3 is 2.42 bits per heavy atom. The van der Waals surface area contributed by atoms with Crippen LogP contribution in [0.1, 0.15) is 25.1 Å². The van der Waals surface area contributed by atoms with Gasteiger partial charge >= 0.3 is 6.03 Å². The molecule has 0 unspecified atom stereocenters. The van der Waals surface area contributed by atoms with Crippen molar-refractivity contribution in [3.63, 3.8) is 0 Å². The maximum absolute atomic E-state index is 11.7. The predicted molar refractivity (Wildman–Crippen MR) is 105 cm³/mol. The number of hydrogen-bond acceptors (Lipinski definition) is 3. The molecule has 138 valence electrons. The molecule has 0 saturated heterocycles. The summed E-state index contributed by atoms with van der Waals surface area (Å²) < 4.78 is 0. The number of urea groups is 1. The number of nitrogens with zero attached hydrogens (tertiary/aromatic N) is 2. The van der Waals surface area contributed by atoms with E-state index in [9.17, 15) is 4.79 Å². The van der Waals surface area contributed by atoms with Crippen molar-refractivity contribution in [3.05, 3.63) is 59.9 Å². The molecule has 2 amide bonds. The van der Waals surface area contributed by atoms with E-state index in [4.69, 9.17) is 0 Å². The van der Waals surface area contributed by atoms with E-state index in [0.29, 0.717) is 19.0 Å². The van der Waals surface area contributed by atoms with Crippen LogP contribution in [-0.4, -0.2) is 30.1 Å². The number of nitrogens with one attached hydrogen (secondary N) is 4. The third-order valence-electron chi connectivity index (χ3n) is 3.48. The van der Waals surface area contributed by atoms with Gasteiger partial charge < -0.3 is 21.3 Å². The standard InChI is InChI=1S/C19H26N6O/c1-14(2)24-19(26)25-16-9-7-15(8-10-16)12-22-18(20-3)23-13-17-6-4-5-11-21-17/h4-11,14H,12-13H2,1-3H3,(H2,20,22,23)(H2,24,25,26). The molecule has 0 fully saturated rings. The molecule has 0 aliphatic heterocycles. The van der Waals surface area contributed by atoms with E-state index >= 15 is 0 Å². The Kier molecular flexibility index (Phi) is 7.42. The summed E-state index contributed by atoms with van der Waals surface area (Å²) in [6, 6.07) is 13.4. The minimum Gasteiger partial charge on any atom is -0.352 e. The Hall–Kier alpha value is -3.09. The van der Waals surface area contributed by atoms with Gasteiger partial charge in [-0.3, -0.25) is 9.98 Å². The molecule has 7 heteroatoms. The van der Waals surface area contributed by atoms with E-state index in [0.717, 1.165) is 16.9 Å². The van der Waals surface area contributed by atoms with Crippen molar-refractivity contribution < 1.29 is 4.79 Å². The number of amides is 2. The van der Waals surface area contributed by atoms with Crippen LogP contribution in [-0.2, 0) is 13.1 Å². The lowest BCUT2D eigenvalue weighted by Gasteiger charge is -2.13. The molecular formula is C19H26N6O. The monoisotopic (exact) mass is 354 g/mol. The fourth-order valence-corrected chi connectivity index (χ4v) is 2.22. The van der Waals surface area contributed by atoms with Gasteiger partial charge in [-0.05, 0) is 43.7 Å². The van der Waals surface area contributed by atoms with Crippen molar-refractivity contribution in [2.45, 2.75) is 33.0 Å². The smallest absolute Gasteiger partial charge is 0.319 e. The Morgan fingerprint density at radius 1 is 1.08 bits per heavy atom. The van der Waals surface area contributed by atoms with Gasteiger partial charge in [-0.2, -0.15) is 0 Å². The van der Waals surface area contributed by atoms with Crippen molar-refractivity contribution in [2.24, 2.45) is 4.99 Å². The number of aromatic nitrogens is 1. The van der Waals surface area contributed by atoms with Gasteiger partial charge in [0.25, 0.3) is 0 Å². The van der Waals surface area contributed by atoms with Crippen LogP contribution in [0.4, 0.5) is 10.5 Å². The summed E-state index contributed by atoms with van der Waals surface area (Å²) in [5, 5.41) is 12.1. The fourth-order valence-electron chi connectivity index (χ4n) is 2.22. The number of rotatable bonds is 6. The zero-order chi connectivity index (χ0) is 18.8. The zero-order valence-electron chi connectivity index (χ0n) is 15.4. The van der Waals surface area contributed by atoms with Crippen LogP contribution in [0.25, 0.3) is 0 Å². The zero-order valence-corrected chi connectivity index (χ0v) is 15.4. The quantitative estimate of drug-likeness (QED) is 0.474. The van der Waals surface area contributed by atoms with Gasteiger partial charge in [-0.1, -0.05) is 18.2 Å². The van der Waals surface area contributed by atoms with E-state index in [2.05, 4.69) is 31.2 Å². The molecule has 1 heterocycles. The minimum absolute atomic E-state index is 0.101. The van der Waals surface area contributed by atoms with Gasteiger partial charge in [-0.25, -0.2) is 4.79 Å². The van der Waals surface area contributed by atoms with Gasteiger partial charge in [0, 0.05) is 31.5 Å². The fraction of sp³-hybridized carbons (Fsp3) is 0.316. The molecule has 2 rings (SSSR count). The average Bonchev–Trinajstić information content (AvgIpc) is 2.63. The largest absolute Gasteiger partial charge is 0.352 e. The predicted octanol–water partition coefficient (Wildman–Crippen LogP) is 2.48. The highest BCUT2D eigenvalue weighted by molar-refractivity contribution is 5.89. The normalized spacial score (nSPS) is 11.2. The topological polar surface area (TPSA) is 90.4 Å². The van der Waals surface area contributed by atoms with Gasteiger partial charge in [0.05, 0.1) is 12.2 Å². The van der Waals surface area contributed by atoms with E-state index in [-0.39, 0.29) is 12.1 Å². The van der Waals surface area contributed by atoms with Gasteiger partial charge in [0.15, 0.2) is 5.96 Å². The maximum atomic E-state index is 11.7. The number of aliphatic imine (C=N–C) groups is 1. The van der Waals surface area contributed by atoms with Gasteiger partial charge in [0.2, 0.25) is 0 Å².